The number of rotatable bonds is 7. The predicted octanol–water partition coefficient (Wildman–Crippen LogP) is 12.1. The zero-order chi connectivity index (χ0) is 48.9. The molecule has 69 heavy (non-hydrogen) atoms. The zero-order valence-electron chi connectivity index (χ0n) is 38.8. The maximum absolute atomic E-state index is 13.0. The summed E-state index contributed by atoms with van der Waals surface area (Å²) in [6, 6.07) is 12.7. The van der Waals surface area contributed by atoms with Gasteiger partial charge in [-0.05, 0) is 210 Å². The van der Waals surface area contributed by atoms with Gasteiger partial charge >= 0.3 is 11.9 Å². The first-order valence-electron chi connectivity index (χ1n) is 23.9. The van der Waals surface area contributed by atoms with E-state index in [0.717, 1.165) is 111 Å². The summed E-state index contributed by atoms with van der Waals surface area (Å²) < 4.78 is 13.6. The number of carbonyl (C=O) groups is 3. The van der Waals surface area contributed by atoms with Gasteiger partial charge in [-0.3, -0.25) is 29.6 Å². The second-order valence-electron chi connectivity index (χ2n) is 19.3. The van der Waals surface area contributed by atoms with Crippen LogP contribution in [0.3, 0.4) is 0 Å². The fourth-order valence-corrected chi connectivity index (χ4v) is 14.5. The number of pyridine rings is 2. The number of nitrogens with one attached hydrogen (secondary N) is 1. The summed E-state index contributed by atoms with van der Waals surface area (Å²) in [5.74, 6) is 1.54. The molecule has 4 fully saturated rings. The number of hydrogen-bond acceptors (Lipinski definition) is 10. The van der Waals surface area contributed by atoms with Crippen molar-refractivity contribution in [3.8, 4) is 0 Å². The normalized spacial score (nSPS) is 24.0. The van der Waals surface area contributed by atoms with Crippen molar-refractivity contribution in [3.63, 3.8) is 0 Å². The van der Waals surface area contributed by atoms with Crippen LogP contribution in [-0.2, 0) is 54.4 Å². The highest BCUT2D eigenvalue weighted by molar-refractivity contribution is 9.11. The predicted molar refractivity (Wildman–Crippen MR) is 281 cm³/mol. The quantitative estimate of drug-likeness (QED) is 0.104. The molecule has 2 atom stereocenters. The van der Waals surface area contributed by atoms with E-state index in [9.17, 15) is 14.4 Å². The van der Waals surface area contributed by atoms with E-state index in [1.807, 2.05) is 29.4 Å². The molecule has 2 saturated carbocycles. The number of halogens is 6. The lowest BCUT2D eigenvalue weighted by Gasteiger charge is -2.41. The largest absolute Gasteiger partial charge is 0.469 e. The molecule has 4 heterocycles. The van der Waals surface area contributed by atoms with Gasteiger partial charge in [0, 0.05) is 71.2 Å². The van der Waals surface area contributed by atoms with E-state index in [2.05, 4.69) is 103 Å². The van der Waals surface area contributed by atoms with Crippen molar-refractivity contribution in [1.29, 1.82) is 0 Å². The summed E-state index contributed by atoms with van der Waals surface area (Å²) in [5, 5.41) is 13.1. The fourth-order valence-electron chi connectivity index (χ4n) is 11.5. The van der Waals surface area contributed by atoms with Crippen LogP contribution in [0.2, 0.25) is 10.0 Å². The van der Waals surface area contributed by atoms with E-state index in [0.29, 0.717) is 43.1 Å². The van der Waals surface area contributed by atoms with Crippen LogP contribution in [-0.4, -0.2) is 85.0 Å². The highest BCUT2D eigenvalue weighted by Gasteiger charge is 2.43. The maximum atomic E-state index is 13.0. The molecule has 2 aromatic carbocycles. The average molecular weight is 1240 g/mol. The van der Waals surface area contributed by atoms with Crippen molar-refractivity contribution in [2.45, 2.75) is 88.9 Å². The molecule has 10 rings (SSSR count). The molecule has 2 N–H and O–H groups in total. The number of nitrogens with zero attached hydrogens (tertiary/aromatic N) is 3. The van der Waals surface area contributed by atoms with Crippen molar-refractivity contribution in [2.24, 2.45) is 35.5 Å². The van der Waals surface area contributed by atoms with Gasteiger partial charge in [-0.25, -0.2) is 4.89 Å². The van der Waals surface area contributed by atoms with Gasteiger partial charge in [0.1, 0.15) is 0 Å². The second-order valence-corrected chi connectivity index (χ2v) is 23.7. The molecule has 0 bridgehead atoms. The van der Waals surface area contributed by atoms with Crippen LogP contribution in [0.25, 0.3) is 0 Å². The summed E-state index contributed by atoms with van der Waals surface area (Å²) in [6.07, 6.45) is 14.7. The first kappa shape index (κ1) is 52.8. The van der Waals surface area contributed by atoms with E-state index < -0.39 is 0 Å². The van der Waals surface area contributed by atoms with Gasteiger partial charge < -0.3 is 19.7 Å². The number of piperidine rings is 2. The first-order valence-corrected chi connectivity index (χ1v) is 27.8. The molecule has 11 nitrogen and oxygen atoms in total. The topological polar surface area (TPSA) is 140 Å². The molecule has 0 spiro atoms. The number of amides is 1. The summed E-state index contributed by atoms with van der Waals surface area (Å²) in [5.41, 5.74) is 10.4. The summed E-state index contributed by atoms with van der Waals surface area (Å²) in [7, 11) is 2.80. The molecule has 4 aliphatic carbocycles. The van der Waals surface area contributed by atoms with E-state index in [1.165, 1.54) is 66.1 Å². The number of aromatic nitrogens is 2. The van der Waals surface area contributed by atoms with Gasteiger partial charge in [0.2, 0.25) is 5.91 Å². The standard InChI is InChI=1S/C26H27Br2ClN2O3.C19H19Br2ClN2.C7H12O4/c1-34-26(33)18-8-17(9-18)25(32)31-6-4-14(5-7-31)23-22-15(11-20(29)12-21(22)28)2-3-16-10-19(27)13-30-24(16)23;20-14-7-13-2-1-12-8-15(22)9-16(21)17(12)18(19(13)24-10-14)11-3-5-23-6-4-11;1-10-7(8)6-2-5(3-6)4-11-9/h10-14,17-18,23H,2-9H2,1H3;7-11,18,23H,1-6H2;5-6,9H,2-4H2,1H3/t17?,18?,23-;18-;/m11./s1. The van der Waals surface area contributed by atoms with Crippen LogP contribution in [0.1, 0.15) is 108 Å². The Morgan fingerprint density at radius 2 is 1.10 bits per heavy atom. The van der Waals surface area contributed by atoms with Crippen LogP contribution in [0.5, 0.6) is 0 Å². The highest BCUT2D eigenvalue weighted by Crippen LogP contribution is 2.48. The third kappa shape index (κ3) is 12.3. The van der Waals surface area contributed by atoms with Gasteiger partial charge in [-0.15, -0.1) is 0 Å². The summed E-state index contributed by atoms with van der Waals surface area (Å²) in [4.78, 5) is 51.3. The summed E-state index contributed by atoms with van der Waals surface area (Å²) >= 11 is 27.6. The number of carbonyl (C=O) groups excluding carboxylic acids is 3. The van der Waals surface area contributed by atoms with E-state index >= 15 is 0 Å². The minimum absolute atomic E-state index is 0.0279. The van der Waals surface area contributed by atoms with Crippen LogP contribution >= 0.6 is 86.9 Å². The lowest BCUT2D eigenvalue weighted by molar-refractivity contribution is -0.257. The first-order chi connectivity index (χ1) is 33.3. The minimum Gasteiger partial charge on any atom is -0.469 e. The molecule has 2 aromatic heterocycles. The highest BCUT2D eigenvalue weighted by atomic mass is 79.9. The monoisotopic (exact) mass is 1240 g/mol. The third-order valence-electron chi connectivity index (χ3n) is 15.1. The molecule has 2 aliphatic heterocycles. The van der Waals surface area contributed by atoms with E-state index in [1.54, 1.807) is 0 Å². The third-order valence-corrected chi connectivity index (χ3v) is 17.7. The Labute approximate surface area is 448 Å². The molecule has 1 amide bonds. The van der Waals surface area contributed by atoms with Gasteiger partial charge in [0.05, 0.1) is 44.1 Å². The smallest absolute Gasteiger partial charge is 0.308 e. The number of aryl methyl sites for hydroxylation is 4. The van der Waals surface area contributed by atoms with Gasteiger partial charge in [-0.2, -0.15) is 0 Å². The molecule has 6 aliphatic rings. The Morgan fingerprint density at radius 1 is 0.652 bits per heavy atom. The Morgan fingerprint density at radius 3 is 1.57 bits per heavy atom. The number of hydrogen-bond donors (Lipinski definition) is 2. The zero-order valence-corrected chi connectivity index (χ0v) is 46.6. The van der Waals surface area contributed by atoms with E-state index in [4.69, 9.17) is 43.2 Å². The van der Waals surface area contributed by atoms with Crippen molar-refractivity contribution in [2.75, 3.05) is 47.0 Å². The maximum Gasteiger partial charge on any atom is 0.308 e. The molecule has 370 valence electrons. The number of methoxy groups -OCH3 is 2. The Kier molecular flexibility index (Phi) is 18.4. The number of esters is 2. The Hall–Kier alpha value is -2.47. The number of fused-ring (bicyclic) bond motifs is 4. The summed E-state index contributed by atoms with van der Waals surface area (Å²) in [6.45, 7) is 3.99. The van der Waals surface area contributed by atoms with Crippen LogP contribution in [0.15, 0.2) is 66.7 Å². The van der Waals surface area contributed by atoms with Gasteiger partial charge in [0.25, 0.3) is 0 Å². The molecular formula is C52H58Br4Cl2N4O7. The Bertz CT molecular complexity index is 2510. The van der Waals surface area contributed by atoms with Gasteiger partial charge in [-0.1, -0.05) is 55.1 Å². The van der Waals surface area contributed by atoms with Crippen molar-refractivity contribution < 1.29 is 34.0 Å². The fraction of sp³-hybridized carbons (Fsp3) is 0.519. The average Bonchev–Trinajstić information content (AvgIpc) is 3.58. The molecule has 2 saturated heterocycles. The van der Waals surface area contributed by atoms with Crippen molar-refractivity contribution >= 4 is 105 Å². The number of likely N-dealkylation sites (tertiary alicyclic amines) is 1. The minimum atomic E-state index is -0.196. The second kappa shape index (κ2) is 24.0. The van der Waals surface area contributed by atoms with Crippen LogP contribution < -0.4 is 5.32 Å². The number of ether oxygens (including phenoxy) is 2. The van der Waals surface area contributed by atoms with Crippen LogP contribution in [0, 0.1) is 35.5 Å². The molecule has 4 aromatic rings. The molecule has 0 radical (unpaired) electrons. The van der Waals surface area contributed by atoms with Crippen molar-refractivity contribution in [1.82, 2.24) is 20.2 Å². The number of benzene rings is 2. The van der Waals surface area contributed by atoms with E-state index in [-0.39, 0.29) is 41.5 Å². The SMILES string of the molecule is COC(=O)C1CC(C(=O)N2CCC([C@H]3c4ncc(Br)cc4CCc4cc(Cl)cc(Br)c43)CC2)C1.COC(=O)C1CC(COO)C1.Clc1cc(Br)c2c(c1)CCc1cc(Br)cnc1[C@@H]2C1CCNCC1. The van der Waals surface area contributed by atoms with Crippen molar-refractivity contribution in [3.05, 3.63) is 121 Å². The lowest BCUT2D eigenvalue weighted by atomic mass is 9.73. The lowest BCUT2D eigenvalue weighted by Crippen LogP contribution is -2.47. The van der Waals surface area contributed by atoms with Gasteiger partial charge in [0.15, 0.2) is 0 Å². The molecule has 0 unspecified atom stereocenters. The van der Waals surface area contributed by atoms with Crippen LogP contribution in [0.4, 0.5) is 0 Å². The molecular weight excluding hydrogens is 1180 g/mol. The molecule has 17 heteroatoms. The Balaban J connectivity index is 0.000000158.